The number of nitrogens with zero attached hydrogens (tertiary/aromatic N) is 2. The minimum absolute atomic E-state index is 0.0440. The summed E-state index contributed by atoms with van der Waals surface area (Å²) in [6.45, 7) is 1.76. The van der Waals surface area contributed by atoms with Crippen LogP contribution < -0.4 is 5.32 Å². The SMILES string of the molecule is CC(Nc1c(F)cc(C#N)cc1F)c1nccs1. The first-order valence-corrected chi connectivity index (χ1v) is 6.05. The lowest BCUT2D eigenvalue weighted by Gasteiger charge is -2.14. The fourth-order valence-electron chi connectivity index (χ4n) is 1.50. The highest BCUT2D eigenvalue weighted by atomic mass is 32.1. The number of nitrogens with one attached hydrogen (secondary N) is 1. The van der Waals surface area contributed by atoms with Crippen LogP contribution in [0.25, 0.3) is 0 Å². The lowest BCUT2D eigenvalue weighted by molar-refractivity contribution is 0.583. The van der Waals surface area contributed by atoms with Crippen molar-refractivity contribution in [2.24, 2.45) is 0 Å². The molecular weight excluding hydrogens is 256 g/mol. The first-order chi connectivity index (χ1) is 8.61. The van der Waals surface area contributed by atoms with Crippen molar-refractivity contribution in [1.82, 2.24) is 4.98 Å². The van der Waals surface area contributed by atoms with Gasteiger partial charge in [-0.3, -0.25) is 0 Å². The van der Waals surface area contributed by atoms with Gasteiger partial charge < -0.3 is 5.32 Å². The average Bonchev–Trinajstić information content (AvgIpc) is 2.87. The number of thiazole rings is 1. The van der Waals surface area contributed by atoms with Crippen molar-refractivity contribution in [3.8, 4) is 6.07 Å². The Morgan fingerprint density at radius 1 is 1.39 bits per heavy atom. The molecule has 0 radical (unpaired) electrons. The Kier molecular flexibility index (Phi) is 3.53. The number of rotatable bonds is 3. The lowest BCUT2D eigenvalue weighted by Crippen LogP contribution is -2.09. The molecule has 0 amide bonds. The van der Waals surface area contributed by atoms with E-state index >= 15 is 0 Å². The fourth-order valence-corrected chi connectivity index (χ4v) is 2.15. The molecule has 0 aliphatic carbocycles. The van der Waals surface area contributed by atoms with Crippen LogP contribution in [0.3, 0.4) is 0 Å². The Hall–Kier alpha value is -2.00. The molecule has 2 aromatic rings. The largest absolute Gasteiger partial charge is 0.371 e. The molecule has 1 unspecified atom stereocenters. The Balaban J connectivity index is 2.27. The summed E-state index contributed by atoms with van der Waals surface area (Å²) < 4.78 is 27.3. The van der Waals surface area contributed by atoms with Gasteiger partial charge in [0.15, 0.2) is 11.6 Å². The number of hydrogen-bond acceptors (Lipinski definition) is 4. The molecule has 18 heavy (non-hydrogen) atoms. The maximum absolute atomic E-state index is 13.6. The Bertz CT molecular complexity index is 567. The highest BCUT2D eigenvalue weighted by Crippen LogP contribution is 2.26. The van der Waals surface area contributed by atoms with E-state index in [4.69, 9.17) is 5.26 Å². The van der Waals surface area contributed by atoms with E-state index in [1.54, 1.807) is 24.6 Å². The predicted molar refractivity (Wildman–Crippen MR) is 65.2 cm³/mol. The molecule has 0 bridgehead atoms. The van der Waals surface area contributed by atoms with Gasteiger partial charge in [0.05, 0.1) is 17.7 Å². The van der Waals surface area contributed by atoms with Crippen LogP contribution in [0.5, 0.6) is 0 Å². The van der Waals surface area contributed by atoms with Crippen molar-refractivity contribution >= 4 is 17.0 Å². The molecule has 1 heterocycles. The summed E-state index contributed by atoms with van der Waals surface area (Å²) >= 11 is 1.40. The van der Waals surface area contributed by atoms with Crippen LogP contribution in [-0.4, -0.2) is 4.98 Å². The molecule has 1 atom stereocenters. The van der Waals surface area contributed by atoms with E-state index in [1.807, 2.05) is 0 Å². The monoisotopic (exact) mass is 265 g/mol. The van der Waals surface area contributed by atoms with Crippen LogP contribution in [0.15, 0.2) is 23.7 Å². The summed E-state index contributed by atoms with van der Waals surface area (Å²) in [6.07, 6.45) is 1.63. The van der Waals surface area contributed by atoms with Gasteiger partial charge in [-0.15, -0.1) is 11.3 Å². The van der Waals surface area contributed by atoms with E-state index < -0.39 is 11.6 Å². The van der Waals surface area contributed by atoms with Crippen LogP contribution in [-0.2, 0) is 0 Å². The van der Waals surface area contributed by atoms with Crippen molar-refractivity contribution in [2.45, 2.75) is 13.0 Å². The van der Waals surface area contributed by atoms with E-state index in [2.05, 4.69) is 10.3 Å². The number of hydrogen-bond donors (Lipinski definition) is 1. The van der Waals surface area contributed by atoms with E-state index in [0.717, 1.165) is 17.1 Å². The normalized spacial score (nSPS) is 11.9. The van der Waals surface area contributed by atoms with Crippen LogP contribution in [0.4, 0.5) is 14.5 Å². The molecule has 3 nitrogen and oxygen atoms in total. The first kappa shape index (κ1) is 12.5. The zero-order chi connectivity index (χ0) is 13.1. The van der Waals surface area contributed by atoms with Crippen molar-refractivity contribution in [1.29, 1.82) is 5.26 Å². The second-order valence-corrected chi connectivity index (χ2v) is 4.59. The van der Waals surface area contributed by atoms with Gasteiger partial charge >= 0.3 is 0 Å². The van der Waals surface area contributed by atoms with Crippen molar-refractivity contribution in [3.63, 3.8) is 0 Å². The van der Waals surface area contributed by atoms with E-state index in [1.165, 1.54) is 11.3 Å². The first-order valence-electron chi connectivity index (χ1n) is 5.17. The average molecular weight is 265 g/mol. The maximum atomic E-state index is 13.6. The zero-order valence-corrected chi connectivity index (χ0v) is 10.3. The molecule has 1 aromatic carbocycles. The Labute approximate surface area is 107 Å². The van der Waals surface area contributed by atoms with Gasteiger partial charge in [-0.25, -0.2) is 13.8 Å². The van der Waals surface area contributed by atoms with Gasteiger partial charge in [0.2, 0.25) is 0 Å². The Morgan fingerprint density at radius 3 is 2.56 bits per heavy atom. The molecule has 0 saturated carbocycles. The summed E-state index contributed by atoms with van der Waals surface area (Å²) in [5.74, 6) is -1.56. The van der Waals surface area contributed by atoms with Gasteiger partial charge in [0.25, 0.3) is 0 Å². The maximum Gasteiger partial charge on any atom is 0.150 e. The summed E-state index contributed by atoms with van der Waals surface area (Å²) in [4.78, 5) is 4.06. The van der Waals surface area contributed by atoms with E-state index in [0.29, 0.717) is 0 Å². The molecular formula is C12H9F2N3S. The smallest absolute Gasteiger partial charge is 0.150 e. The Morgan fingerprint density at radius 2 is 2.06 bits per heavy atom. The number of anilines is 1. The molecule has 0 aliphatic heterocycles. The van der Waals surface area contributed by atoms with Crippen LogP contribution in [0, 0.1) is 23.0 Å². The molecule has 0 aliphatic rings. The predicted octanol–water partition coefficient (Wildman–Crippen LogP) is 3.47. The van der Waals surface area contributed by atoms with Crippen LogP contribution in [0.2, 0.25) is 0 Å². The van der Waals surface area contributed by atoms with Crippen molar-refractivity contribution < 1.29 is 8.78 Å². The van der Waals surface area contributed by atoms with Crippen LogP contribution in [0.1, 0.15) is 23.5 Å². The molecule has 0 fully saturated rings. The van der Waals surface area contributed by atoms with Gasteiger partial charge in [-0.2, -0.15) is 5.26 Å². The molecule has 0 saturated heterocycles. The van der Waals surface area contributed by atoms with Crippen LogP contribution >= 0.6 is 11.3 Å². The summed E-state index contributed by atoms with van der Waals surface area (Å²) in [7, 11) is 0. The molecule has 1 N–H and O–H groups in total. The van der Waals surface area contributed by atoms with Gasteiger partial charge in [0, 0.05) is 11.6 Å². The zero-order valence-electron chi connectivity index (χ0n) is 9.45. The number of aromatic nitrogens is 1. The standard InChI is InChI=1S/C12H9F2N3S/c1-7(12-16-2-3-18-12)17-11-9(13)4-8(6-15)5-10(11)14/h2-5,7,17H,1H3. The van der Waals surface area contributed by atoms with E-state index in [9.17, 15) is 8.78 Å². The quantitative estimate of drug-likeness (QED) is 0.924. The molecule has 92 valence electrons. The summed E-state index contributed by atoms with van der Waals surface area (Å²) in [5, 5.41) is 13.8. The summed E-state index contributed by atoms with van der Waals surface area (Å²) in [5.41, 5.74) is -0.283. The van der Waals surface area contributed by atoms with Crippen molar-refractivity contribution in [2.75, 3.05) is 5.32 Å². The van der Waals surface area contributed by atoms with Gasteiger partial charge in [0.1, 0.15) is 10.7 Å². The highest BCUT2D eigenvalue weighted by molar-refractivity contribution is 7.09. The minimum Gasteiger partial charge on any atom is -0.371 e. The lowest BCUT2D eigenvalue weighted by atomic mass is 10.2. The molecule has 2 rings (SSSR count). The fraction of sp³-hybridized carbons (Fsp3) is 0.167. The number of benzene rings is 1. The van der Waals surface area contributed by atoms with E-state index in [-0.39, 0.29) is 17.3 Å². The number of halogens is 2. The third kappa shape index (κ3) is 2.46. The third-order valence-electron chi connectivity index (χ3n) is 2.35. The number of nitriles is 1. The van der Waals surface area contributed by atoms with Gasteiger partial charge in [-0.05, 0) is 19.1 Å². The molecule has 0 spiro atoms. The second-order valence-electron chi connectivity index (χ2n) is 3.66. The third-order valence-corrected chi connectivity index (χ3v) is 3.31. The second kappa shape index (κ2) is 5.10. The highest BCUT2D eigenvalue weighted by Gasteiger charge is 2.15. The minimum atomic E-state index is -0.782. The topological polar surface area (TPSA) is 48.7 Å². The van der Waals surface area contributed by atoms with Crippen molar-refractivity contribution in [3.05, 3.63) is 45.9 Å². The van der Waals surface area contributed by atoms with Gasteiger partial charge in [-0.1, -0.05) is 0 Å². The molecule has 1 aromatic heterocycles. The summed E-state index contributed by atoms with van der Waals surface area (Å²) in [6, 6.07) is 3.39. The molecule has 6 heteroatoms.